The van der Waals surface area contributed by atoms with Gasteiger partial charge >= 0.3 is 8.56 Å². The first-order valence-corrected chi connectivity index (χ1v) is 11.4. The predicted molar refractivity (Wildman–Crippen MR) is 88.8 cm³/mol. The molecule has 0 aromatic rings. The minimum atomic E-state index is -1.93. The molecule has 0 amide bonds. The molecule has 124 valence electrons. The number of rotatable bonds is 11. The van der Waals surface area contributed by atoms with Crippen LogP contribution in [0.4, 0.5) is 0 Å². The molecule has 2 aliphatic rings. The fraction of sp³-hybridized carbons (Fsp3) is 1.00. The molecule has 0 bridgehead atoms. The Kier molecular flexibility index (Phi) is 7.19. The molecule has 3 atom stereocenters. The summed E-state index contributed by atoms with van der Waals surface area (Å²) in [6, 6.07) is 2.26. The van der Waals surface area contributed by atoms with Crippen molar-refractivity contribution in [3.63, 3.8) is 0 Å². The van der Waals surface area contributed by atoms with Gasteiger partial charge in [-0.3, -0.25) is 0 Å². The molecule has 1 heterocycles. The fourth-order valence-corrected chi connectivity index (χ4v) is 6.58. The van der Waals surface area contributed by atoms with Crippen LogP contribution in [0.15, 0.2) is 0 Å². The summed E-state index contributed by atoms with van der Waals surface area (Å²) in [7, 11) is -1.93. The molecule has 1 aliphatic heterocycles. The highest BCUT2D eigenvalue weighted by atomic mass is 28.4. The van der Waals surface area contributed by atoms with Crippen LogP contribution in [0.5, 0.6) is 0 Å². The second-order valence-corrected chi connectivity index (χ2v) is 10.4. The van der Waals surface area contributed by atoms with Crippen LogP contribution in [0.1, 0.15) is 65.7 Å². The van der Waals surface area contributed by atoms with Gasteiger partial charge in [-0.05, 0) is 50.1 Å². The van der Waals surface area contributed by atoms with Crippen LogP contribution in [0.25, 0.3) is 0 Å². The quantitative estimate of drug-likeness (QED) is 0.411. The second-order valence-electron chi connectivity index (χ2n) is 6.75. The molecule has 2 rings (SSSR count). The zero-order chi connectivity index (χ0) is 15.1. The molecule has 0 aromatic carbocycles. The summed E-state index contributed by atoms with van der Waals surface area (Å²) in [6.07, 6.45) is 10.0. The van der Waals surface area contributed by atoms with Crippen LogP contribution >= 0.6 is 0 Å². The van der Waals surface area contributed by atoms with Gasteiger partial charge in [0.25, 0.3) is 0 Å². The molecule has 1 aliphatic carbocycles. The van der Waals surface area contributed by atoms with Crippen LogP contribution < -0.4 is 0 Å². The van der Waals surface area contributed by atoms with E-state index in [1.807, 2.05) is 0 Å². The Morgan fingerprint density at radius 2 is 1.71 bits per heavy atom. The molecule has 2 fully saturated rings. The van der Waals surface area contributed by atoms with Crippen molar-refractivity contribution in [3.8, 4) is 0 Å². The van der Waals surface area contributed by atoms with Crippen molar-refractivity contribution in [1.82, 2.24) is 0 Å². The summed E-state index contributed by atoms with van der Waals surface area (Å²) in [5.74, 6) is 0.884. The predicted octanol–water partition coefficient (Wildman–Crippen LogP) is 4.65. The van der Waals surface area contributed by atoms with E-state index in [9.17, 15) is 0 Å². The van der Waals surface area contributed by atoms with Gasteiger partial charge in [-0.1, -0.05) is 33.6 Å². The third-order valence-corrected chi connectivity index (χ3v) is 8.61. The Bertz CT molecular complexity index is 290. The first kappa shape index (κ1) is 17.5. The summed E-state index contributed by atoms with van der Waals surface area (Å²) in [5.41, 5.74) is 0. The first-order valence-electron chi connectivity index (χ1n) is 9.16. The van der Waals surface area contributed by atoms with Gasteiger partial charge in [-0.2, -0.15) is 0 Å². The van der Waals surface area contributed by atoms with Gasteiger partial charge in [-0.25, -0.2) is 0 Å². The summed E-state index contributed by atoms with van der Waals surface area (Å²) < 4.78 is 18.1. The van der Waals surface area contributed by atoms with Crippen molar-refractivity contribution in [2.75, 3.05) is 13.2 Å². The average molecular weight is 315 g/mol. The molecule has 3 unspecified atom stereocenters. The van der Waals surface area contributed by atoms with E-state index in [-0.39, 0.29) is 0 Å². The Morgan fingerprint density at radius 3 is 2.29 bits per heavy atom. The molecule has 0 radical (unpaired) electrons. The van der Waals surface area contributed by atoms with Gasteiger partial charge in [-0.15, -0.1) is 0 Å². The maximum atomic E-state index is 6.24. The van der Waals surface area contributed by atoms with E-state index in [2.05, 4.69) is 20.8 Å². The summed E-state index contributed by atoms with van der Waals surface area (Å²) in [4.78, 5) is 0. The largest absolute Gasteiger partial charge is 0.394 e. The van der Waals surface area contributed by atoms with Gasteiger partial charge in [0.15, 0.2) is 0 Å². The van der Waals surface area contributed by atoms with Crippen molar-refractivity contribution < 1.29 is 13.6 Å². The van der Waals surface area contributed by atoms with Crippen molar-refractivity contribution in [1.29, 1.82) is 0 Å². The van der Waals surface area contributed by atoms with Gasteiger partial charge in [0.1, 0.15) is 0 Å². The van der Waals surface area contributed by atoms with Gasteiger partial charge in [0.2, 0.25) is 0 Å². The highest BCUT2D eigenvalue weighted by Gasteiger charge is 2.43. The minimum Gasteiger partial charge on any atom is -0.394 e. The number of fused-ring (bicyclic) bond motifs is 1. The summed E-state index contributed by atoms with van der Waals surface area (Å²) >= 11 is 0. The molecular formula is C17H34O3Si. The average Bonchev–Trinajstić information content (AvgIpc) is 3.28. The first-order chi connectivity index (χ1) is 10.2. The summed E-state index contributed by atoms with van der Waals surface area (Å²) in [5, 5.41) is 0. The molecule has 0 spiro atoms. The number of hydrogen-bond acceptors (Lipinski definition) is 3. The van der Waals surface area contributed by atoms with Crippen LogP contribution in [-0.2, 0) is 13.6 Å². The lowest BCUT2D eigenvalue weighted by atomic mass is 9.86. The van der Waals surface area contributed by atoms with Crippen LogP contribution in [-0.4, -0.2) is 34.0 Å². The molecule has 0 N–H and O–H groups in total. The second kappa shape index (κ2) is 8.66. The molecule has 1 saturated heterocycles. The smallest absolute Gasteiger partial charge is 0.337 e. The van der Waals surface area contributed by atoms with Crippen molar-refractivity contribution in [3.05, 3.63) is 0 Å². The molecule has 4 heteroatoms. The standard InChI is InChI=1S/C17H34O3Si/c1-4-11-18-21(6-3,19-12-5-2)13-7-8-15-9-10-16-17(14-15)20-16/h15-17H,4-14H2,1-3H3. The van der Waals surface area contributed by atoms with E-state index in [0.717, 1.165) is 38.0 Å². The van der Waals surface area contributed by atoms with E-state index < -0.39 is 8.56 Å². The van der Waals surface area contributed by atoms with Gasteiger partial charge in [0, 0.05) is 13.2 Å². The Balaban J connectivity index is 1.73. The monoisotopic (exact) mass is 314 g/mol. The highest BCUT2D eigenvalue weighted by molar-refractivity contribution is 6.67. The summed E-state index contributed by atoms with van der Waals surface area (Å²) in [6.45, 7) is 8.35. The third kappa shape index (κ3) is 5.34. The molecule has 3 nitrogen and oxygen atoms in total. The Hall–Kier alpha value is 0.0969. The molecule has 21 heavy (non-hydrogen) atoms. The maximum Gasteiger partial charge on any atom is 0.337 e. The number of epoxide rings is 1. The van der Waals surface area contributed by atoms with E-state index in [0.29, 0.717) is 12.2 Å². The van der Waals surface area contributed by atoms with Crippen molar-refractivity contribution in [2.24, 2.45) is 5.92 Å². The van der Waals surface area contributed by atoms with Crippen LogP contribution in [0.3, 0.4) is 0 Å². The lowest BCUT2D eigenvalue weighted by Crippen LogP contribution is -2.42. The van der Waals surface area contributed by atoms with E-state index in [4.69, 9.17) is 13.6 Å². The molecule has 1 saturated carbocycles. The zero-order valence-electron chi connectivity index (χ0n) is 14.2. The van der Waals surface area contributed by atoms with E-state index in [1.165, 1.54) is 38.1 Å². The van der Waals surface area contributed by atoms with Crippen molar-refractivity contribution >= 4 is 8.56 Å². The van der Waals surface area contributed by atoms with Gasteiger partial charge < -0.3 is 13.6 Å². The molecular weight excluding hydrogens is 280 g/mol. The topological polar surface area (TPSA) is 31.0 Å². The number of ether oxygens (including phenoxy) is 1. The fourth-order valence-electron chi connectivity index (χ4n) is 3.55. The van der Waals surface area contributed by atoms with E-state index >= 15 is 0 Å². The minimum absolute atomic E-state index is 0.615. The lowest BCUT2D eigenvalue weighted by molar-refractivity contribution is 0.166. The van der Waals surface area contributed by atoms with Crippen molar-refractivity contribution in [2.45, 2.75) is 90.0 Å². The Labute approximate surface area is 132 Å². The lowest BCUT2D eigenvalue weighted by Gasteiger charge is -2.30. The number of hydrogen-bond donors (Lipinski definition) is 0. The van der Waals surface area contributed by atoms with Crippen LogP contribution in [0, 0.1) is 5.92 Å². The third-order valence-electron chi connectivity index (χ3n) is 4.96. The Morgan fingerprint density at radius 1 is 1.00 bits per heavy atom. The zero-order valence-corrected chi connectivity index (χ0v) is 15.2. The van der Waals surface area contributed by atoms with Gasteiger partial charge in [0.05, 0.1) is 12.2 Å². The molecule has 0 aromatic heterocycles. The SMILES string of the molecule is CCCO[Si](CC)(CCCC1CCC2OC2C1)OCCC. The normalized spacial score (nSPS) is 28.4. The van der Waals surface area contributed by atoms with Crippen LogP contribution in [0.2, 0.25) is 12.1 Å². The van der Waals surface area contributed by atoms with E-state index in [1.54, 1.807) is 0 Å². The maximum absolute atomic E-state index is 6.24. The highest BCUT2D eigenvalue weighted by Crippen LogP contribution is 2.41.